The van der Waals surface area contributed by atoms with Crippen LogP contribution in [-0.2, 0) is 0 Å². The highest BCUT2D eigenvalue weighted by molar-refractivity contribution is 7.80. The molecule has 0 amide bonds. The number of thiocarbonyl (C=S) groups is 1. The van der Waals surface area contributed by atoms with Gasteiger partial charge in [-0.1, -0.05) is 12.2 Å². The third kappa shape index (κ3) is 1.90. The minimum Gasteiger partial charge on any atom is -0.393 e. The largest absolute Gasteiger partial charge is 0.393 e. The number of hydrogen-bond donors (Lipinski definition) is 1. The first-order valence-electron chi connectivity index (χ1n) is 5.02. The van der Waals surface area contributed by atoms with Crippen LogP contribution in [0.25, 0.3) is 0 Å². The molecule has 3 heteroatoms. The van der Waals surface area contributed by atoms with E-state index in [1.807, 2.05) is 6.21 Å². The fraction of sp³-hybridized carbons (Fsp3) is 0.800. The monoisotopic (exact) mass is 196 g/mol. The fourth-order valence-electron chi connectivity index (χ4n) is 2.67. The lowest BCUT2D eigenvalue weighted by Crippen LogP contribution is -2.20. The van der Waals surface area contributed by atoms with Crippen molar-refractivity contribution in [3.63, 3.8) is 0 Å². The third-order valence-electron chi connectivity index (χ3n) is 3.36. The first-order chi connectivity index (χ1) is 6.20. The van der Waals surface area contributed by atoms with E-state index < -0.39 is 0 Å². The number of nitrogens with two attached hydrogens (primary N) is 1. The Morgan fingerprint density at radius 2 is 2.23 bits per heavy atom. The molecule has 2 bridgehead atoms. The van der Waals surface area contributed by atoms with Crippen LogP contribution in [0.3, 0.4) is 0 Å². The summed E-state index contributed by atoms with van der Waals surface area (Å²) >= 11 is 4.81. The molecule has 72 valence electrons. The molecule has 2 aliphatic rings. The van der Waals surface area contributed by atoms with Crippen LogP contribution in [-0.4, -0.2) is 16.7 Å². The van der Waals surface area contributed by atoms with E-state index in [0.29, 0.717) is 16.9 Å². The molecule has 0 saturated heterocycles. The number of aliphatic imine (C=N–C) groups is 1. The van der Waals surface area contributed by atoms with Crippen LogP contribution in [0.5, 0.6) is 0 Å². The Labute approximate surface area is 84.6 Å². The maximum Gasteiger partial charge on any atom is 0.0781 e. The van der Waals surface area contributed by atoms with Gasteiger partial charge in [0.15, 0.2) is 0 Å². The van der Waals surface area contributed by atoms with Gasteiger partial charge in [-0.05, 0) is 38.0 Å². The average molecular weight is 196 g/mol. The highest BCUT2D eigenvalue weighted by Crippen LogP contribution is 2.49. The summed E-state index contributed by atoms with van der Waals surface area (Å²) in [6.45, 7) is 0. The zero-order valence-corrected chi connectivity index (χ0v) is 8.65. The minimum absolute atomic E-state index is 0.301. The second-order valence-electron chi connectivity index (χ2n) is 4.35. The molecule has 2 aliphatic carbocycles. The quantitative estimate of drug-likeness (QED) is 0.554. The van der Waals surface area contributed by atoms with Crippen molar-refractivity contribution >= 4 is 23.4 Å². The van der Waals surface area contributed by atoms with E-state index in [0.717, 1.165) is 5.92 Å². The van der Waals surface area contributed by atoms with Crippen molar-refractivity contribution in [3.05, 3.63) is 0 Å². The zero-order valence-electron chi connectivity index (χ0n) is 7.83. The molecule has 2 N–H and O–H groups in total. The third-order valence-corrected chi connectivity index (χ3v) is 3.53. The van der Waals surface area contributed by atoms with Gasteiger partial charge in [0.2, 0.25) is 0 Å². The lowest BCUT2D eigenvalue weighted by Gasteiger charge is -2.20. The summed E-state index contributed by atoms with van der Waals surface area (Å²) in [4.78, 5) is 5.21. The highest BCUT2D eigenvalue weighted by atomic mass is 32.1. The summed E-state index contributed by atoms with van der Waals surface area (Å²) < 4.78 is 0. The minimum atomic E-state index is 0.301. The molecule has 0 atom stereocenters. The summed E-state index contributed by atoms with van der Waals surface area (Å²) in [5, 5.41) is 0. The molecule has 0 aromatic rings. The van der Waals surface area contributed by atoms with Gasteiger partial charge in [0.05, 0.1) is 10.5 Å². The smallest absolute Gasteiger partial charge is 0.0781 e. The fourth-order valence-corrected chi connectivity index (χ4v) is 2.75. The van der Waals surface area contributed by atoms with Crippen LogP contribution in [0.15, 0.2) is 4.99 Å². The molecule has 0 aliphatic heterocycles. The van der Waals surface area contributed by atoms with Gasteiger partial charge in [0, 0.05) is 12.6 Å². The van der Waals surface area contributed by atoms with Crippen LogP contribution in [0.1, 0.15) is 38.5 Å². The SMILES string of the molecule is NC(=S)CC=NC12CCC(CC1)C2. The van der Waals surface area contributed by atoms with Gasteiger partial charge in [0.25, 0.3) is 0 Å². The number of hydrogen-bond acceptors (Lipinski definition) is 2. The molecule has 0 heterocycles. The first-order valence-corrected chi connectivity index (χ1v) is 5.43. The lowest BCUT2D eigenvalue weighted by molar-refractivity contribution is 0.422. The topological polar surface area (TPSA) is 38.4 Å². The summed E-state index contributed by atoms with van der Waals surface area (Å²) in [6, 6.07) is 0. The predicted octanol–water partition coefficient (Wildman–Crippen LogP) is 2.07. The van der Waals surface area contributed by atoms with Gasteiger partial charge in [-0.2, -0.15) is 0 Å². The molecule has 0 spiro atoms. The van der Waals surface area contributed by atoms with Gasteiger partial charge in [0.1, 0.15) is 0 Å². The molecule has 2 fully saturated rings. The number of fused-ring (bicyclic) bond motifs is 2. The van der Waals surface area contributed by atoms with E-state index in [1.165, 1.54) is 32.1 Å². The standard InChI is InChI=1S/C10H16N2S/c11-9(13)3-6-12-10-4-1-8(7-10)2-5-10/h6,8H,1-5,7H2,(H2,11,13). The molecule has 0 unspecified atom stereocenters. The van der Waals surface area contributed by atoms with Crippen molar-refractivity contribution in [3.8, 4) is 0 Å². The summed E-state index contributed by atoms with van der Waals surface area (Å²) in [6.07, 6.45) is 9.23. The van der Waals surface area contributed by atoms with E-state index in [2.05, 4.69) is 4.99 Å². The predicted molar refractivity (Wildman–Crippen MR) is 59.2 cm³/mol. The number of rotatable bonds is 3. The second-order valence-corrected chi connectivity index (χ2v) is 4.88. The van der Waals surface area contributed by atoms with E-state index in [-0.39, 0.29) is 0 Å². The van der Waals surface area contributed by atoms with Crippen molar-refractivity contribution in [2.45, 2.75) is 44.1 Å². The van der Waals surface area contributed by atoms with Crippen molar-refractivity contribution in [2.75, 3.05) is 0 Å². The summed E-state index contributed by atoms with van der Waals surface area (Å²) in [5.41, 5.74) is 5.71. The van der Waals surface area contributed by atoms with Gasteiger partial charge in [-0.25, -0.2) is 0 Å². The Morgan fingerprint density at radius 1 is 1.54 bits per heavy atom. The van der Waals surface area contributed by atoms with E-state index in [1.54, 1.807) is 0 Å². The van der Waals surface area contributed by atoms with E-state index in [9.17, 15) is 0 Å². The van der Waals surface area contributed by atoms with Gasteiger partial charge >= 0.3 is 0 Å². The molecular weight excluding hydrogens is 180 g/mol. The Hall–Kier alpha value is -0.440. The Kier molecular flexibility index (Phi) is 2.37. The molecule has 2 nitrogen and oxygen atoms in total. The average Bonchev–Trinajstić information content (AvgIpc) is 2.62. The molecule has 0 aromatic carbocycles. The van der Waals surface area contributed by atoms with E-state index in [4.69, 9.17) is 18.0 Å². The van der Waals surface area contributed by atoms with Crippen LogP contribution in [0.4, 0.5) is 0 Å². The van der Waals surface area contributed by atoms with Crippen molar-refractivity contribution in [1.82, 2.24) is 0 Å². The summed E-state index contributed by atoms with van der Waals surface area (Å²) in [5.74, 6) is 0.960. The van der Waals surface area contributed by atoms with Gasteiger partial charge in [-0.15, -0.1) is 0 Å². The zero-order chi connectivity index (χ0) is 9.31. The molecule has 0 aromatic heterocycles. The lowest BCUT2D eigenvalue weighted by atomic mass is 9.94. The maximum absolute atomic E-state index is 5.41. The van der Waals surface area contributed by atoms with Crippen molar-refractivity contribution in [2.24, 2.45) is 16.6 Å². The molecule has 2 rings (SSSR count). The Morgan fingerprint density at radius 3 is 2.69 bits per heavy atom. The highest BCUT2D eigenvalue weighted by Gasteiger charge is 2.44. The maximum atomic E-state index is 5.41. The van der Waals surface area contributed by atoms with Crippen LogP contribution >= 0.6 is 12.2 Å². The van der Waals surface area contributed by atoms with E-state index >= 15 is 0 Å². The molecule has 2 saturated carbocycles. The normalized spacial score (nSPS) is 37.4. The Bertz CT molecular complexity index is 239. The van der Waals surface area contributed by atoms with Gasteiger partial charge in [-0.3, -0.25) is 4.99 Å². The van der Waals surface area contributed by atoms with Crippen molar-refractivity contribution < 1.29 is 0 Å². The van der Waals surface area contributed by atoms with Crippen LogP contribution in [0, 0.1) is 5.92 Å². The number of nitrogens with zero attached hydrogens (tertiary/aromatic N) is 1. The van der Waals surface area contributed by atoms with Gasteiger partial charge < -0.3 is 5.73 Å². The molecule has 0 radical (unpaired) electrons. The Balaban J connectivity index is 1.93. The second kappa shape index (κ2) is 3.37. The summed E-state index contributed by atoms with van der Waals surface area (Å²) in [7, 11) is 0. The first kappa shape index (κ1) is 9.13. The van der Waals surface area contributed by atoms with Crippen LogP contribution in [0.2, 0.25) is 0 Å². The molecule has 13 heavy (non-hydrogen) atoms. The van der Waals surface area contributed by atoms with Crippen molar-refractivity contribution in [1.29, 1.82) is 0 Å². The molecular formula is C10H16N2S. The van der Waals surface area contributed by atoms with Crippen LogP contribution < -0.4 is 5.73 Å².